The molecule has 0 aliphatic heterocycles. The van der Waals surface area contributed by atoms with Gasteiger partial charge in [-0.25, -0.2) is 9.48 Å². The van der Waals surface area contributed by atoms with Crippen LogP contribution in [0.5, 0.6) is 0 Å². The highest BCUT2D eigenvalue weighted by Crippen LogP contribution is 2.20. The monoisotopic (exact) mass is 305 g/mol. The second-order valence-electron chi connectivity index (χ2n) is 5.58. The SMILES string of the molecule is CC(C)[C@@H](C)n1nccc1NC(=O)NCCCn1cnnc1. The lowest BCUT2D eigenvalue weighted by atomic mass is 10.1. The van der Waals surface area contributed by atoms with Gasteiger partial charge in [0.2, 0.25) is 0 Å². The van der Waals surface area contributed by atoms with Crippen molar-refractivity contribution in [2.75, 3.05) is 11.9 Å². The third-order valence-electron chi connectivity index (χ3n) is 3.61. The number of rotatable bonds is 7. The quantitative estimate of drug-likeness (QED) is 0.765. The Morgan fingerprint density at radius 2 is 2.00 bits per heavy atom. The van der Waals surface area contributed by atoms with Crippen molar-refractivity contribution in [3.8, 4) is 0 Å². The van der Waals surface area contributed by atoms with Crippen LogP contribution in [-0.4, -0.2) is 37.1 Å². The molecule has 0 fully saturated rings. The zero-order chi connectivity index (χ0) is 15.9. The second kappa shape index (κ2) is 7.58. The third-order valence-corrected chi connectivity index (χ3v) is 3.61. The normalized spacial score (nSPS) is 12.4. The maximum absolute atomic E-state index is 11.9. The molecule has 2 heterocycles. The summed E-state index contributed by atoms with van der Waals surface area (Å²) >= 11 is 0. The van der Waals surface area contributed by atoms with Crippen molar-refractivity contribution in [3.05, 3.63) is 24.9 Å². The Morgan fingerprint density at radius 3 is 2.68 bits per heavy atom. The molecule has 2 rings (SSSR count). The van der Waals surface area contributed by atoms with E-state index in [2.05, 4.69) is 46.7 Å². The van der Waals surface area contributed by atoms with Crippen LogP contribution in [0.3, 0.4) is 0 Å². The summed E-state index contributed by atoms with van der Waals surface area (Å²) in [6.07, 6.45) is 5.82. The van der Waals surface area contributed by atoms with Crippen LogP contribution in [0.1, 0.15) is 33.2 Å². The van der Waals surface area contributed by atoms with Gasteiger partial charge in [0.15, 0.2) is 0 Å². The van der Waals surface area contributed by atoms with Crippen LogP contribution < -0.4 is 10.6 Å². The van der Waals surface area contributed by atoms with Crippen LogP contribution in [-0.2, 0) is 6.54 Å². The Hall–Kier alpha value is -2.38. The zero-order valence-corrected chi connectivity index (χ0v) is 13.2. The van der Waals surface area contributed by atoms with Crippen LogP contribution in [0.15, 0.2) is 24.9 Å². The molecule has 2 aromatic rings. The van der Waals surface area contributed by atoms with E-state index in [1.165, 1.54) is 0 Å². The molecule has 2 N–H and O–H groups in total. The van der Waals surface area contributed by atoms with Gasteiger partial charge < -0.3 is 9.88 Å². The van der Waals surface area contributed by atoms with Crippen molar-refractivity contribution in [1.29, 1.82) is 0 Å². The molecule has 120 valence electrons. The van der Waals surface area contributed by atoms with Gasteiger partial charge in [-0.05, 0) is 19.3 Å². The van der Waals surface area contributed by atoms with Gasteiger partial charge in [0.25, 0.3) is 0 Å². The molecule has 0 aliphatic carbocycles. The van der Waals surface area contributed by atoms with Gasteiger partial charge in [-0.3, -0.25) is 5.32 Å². The number of anilines is 1. The standard InChI is InChI=1S/C14H23N7O/c1-11(2)12(3)21-13(5-7-18-21)19-14(22)15-6-4-8-20-9-16-17-10-20/h5,7,9-12H,4,6,8H2,1-3H3,(H2,15,19,22)/t12-/m1/s1. The minimum Gasteiger partial charge on any atom is -0.338 e. The molecule has 8 heteroatoms. The van der Waals surface area contributed by atoms with Gasteiger partial charge >= 0.3 is 6.03 Å². The highest BCUT2D eigenvalue weighted by Gasteiger charge is 2.14. The first-order valence-electron chi connectivity index (χ1n) is 7.48. The van der Waals surface area contributed by atoms with E-state index >= 15 is 0 Å². The maximum atomic E-state index is 11.9. The predicted molar refractivity (Wildman–Crippen MR) is 83.4 cm³/mol. The Bertz CT molecular complexity index is 576. The average Bonchev–Trinajstić information content (AvgIpc) is 3.14. The van der Waals surface area contributed by atoms with Gasteiger partial charge in [0.1, 0.15) is 18.5 Å². The number of nitrogens with zero attached hydrogens (tertiary/aromatic N) is 5. The summed E-state index contributed by atoms with van der Waals surface area (Å²) in [5.41, 5.74) is 0. The minimum absolute atomic E-state index is 0.221. The van der Waals surface area contributed by atoms with Crippen LogP contribution in [0.2, 0.25) is 0 Å². The number of aromatic nitrogens is 5. The lowest BCUT2D eigenvalue weighted by Crippen LogP contribution is -2.31. The fourth-order valence-corrected chi connectivity index (χ4v) is 1.98. The molecule has 0 unspecified atom stereocenters. The van der Waals surface area contributed by atoms with E-state index in [0.717, 1.165) is 13.0 Å². The molecule has 2 amide bonds. The molecule has 0 bridgehead atoms. The summed E-state index contributed by atoms with van der Waals surface area (Å²) in [5.74, 6) is 1.14. The van der Waals surface area contributed by atoms with Gasteiger partial charge in [-0.2, -0.15) is 5.10 Å². The Morgan fingerprint density at radius 1 is 1.27 bits per heavy atom. The smallest absolute Gasteiger partial charge is 0.320 e. The summed E-state index contributed by atoms with van der Waals surface area (Å²) in [6.45, 7) is 7.69. The number of hydrogen-bond acceptors (Lipinski definition) is 4. The van der Waals surface area contributed by atoms with E-state index < -0.39 is 0 Å². The molecule has 0 saturated heterocycles. The van der Waals surface area contributed by atoms with E-state index in [1.54, 1.807) is 24.9 Å². The maximum Gasteiger partial charge on any atom is 0.320 e. The summed E-state index contributed by atoms with van der Waals surface area (Å²) in [6, 6.07) is 1.80. The van der Waals surface area contributed by atoms with Crippen molar-refractivity contribution in [2.45, 2.75) is 39.8 Å². The summed E-state index contributed by atoms with van der Waals surface area (Å²) < 4.78 is 3.71. The number of hydrogen-bond donors (Lipinski definition) is 2. The summed E-state index contributed by atoms with van der Waals surface area (Å²) in [5, 5.41) is 17.4. The molecule has 1 atom stereocenters. The van der Waals surface area contributed by atoms with Crippen molar-refractivity contribution in [3.63, 3.8) is 0 Å². The van der Waals surface area contributed by atoms with Gasteiger partial charge in [0.05, 0.1) is 12.2 Å². The topological polar surface area (TPSA) is 89.7 Å². The lowest BCUT2D eigenvalue weighted by molar-refractivity contribution is 0.251. The van der Waals surface area contributed by atoms with Crippen molar-refractivity contribution >= 4 is 11.8 Å². The first-order chi connectivity index (χ1) is 10.6. The van der Waals surface area contributed by atoms with Crippen molar-refractivity contribution < 1.29 is 4.79 Å². The highest BCUT2D eigenvalue weighted by atomic mass is 16.2. The molecular formula is C14H23N7O. The average molecular weight is 305 g/mol. The predicted octanol–water partition coefficient (Wildman–Crippen LogP) is 1.90. The van der Waals surface area contributed by atoms with Crippen LogP contribution in [0.4, 0.5) is 10.6 Å². The summed E-state index contributed by atoms with van der Waals surface area (Å²) in [4.78, 5) is 11.9. The van der Waals surface area contributed by atoms with E-state index in [4.69, 9.17) is 0 Å². The molecule has 0 radical (unpaired) electrons. The fourth-order valence-electron chi connectivity index (χ4n) is 1.98. The molecule has 0 aliphatic rings. The zero-order valence-electron chi connectivity index (χ0n) is 13.2. The second-order valence-corrected chi connectivity index (χ2v) is 5.58. The number of carbonyl (C=O) groups excluding carboxylic acids is 1. The Labute approximate surface area is 129 Å². The Balaban J connectivity index is 1.76. The van der Waals surface area contributed by atoms with Gasteiger partial charge in [-0.15, -0.1) is 10.2 Å². The number of carbonyl (C=O) groups is 1. The van der Waals surface area contributed by atoms with E-state index in [-0.39, 0.29) is 12.1 Å². The highest BCUT2D eigenvalue weighted by molar-refractivity contribution is 5.88. The van der Waals surface area contributed by atoms with Crippen molar-refractivity contribution in [1.82, 2.24) is 29.9 Å². The number of urea groups is 1. The summed E-state index contributed by atoms with van der Waals surface area (Å²) in [7, 11) is 0. The van der Waals surface area contributed by atoms with Gasteiger partial charge in [0, 0.05) is 19.2 Å². The third kappa shape index (κ3) is 4.31. The molecule has 2 aromatic heterocycles. The molecule has 22 heavy (non-hydrogen) atoms. The van der Waals surface area contributed by atoms with Crippen molar-refractivity contribution in [2.24, 2.45) is 5.92 Å². The van der Waals surface area contributed by atoms with Crippen LogP contribution >= 0.6 is 0 Å². The molecule has 0 saturated carbocycles. The molecular weight excluding hydrogens is 282 g/mol. The van der Waals surface area contributed by atoms with Crippen LogP contribution in [0, 0.1) is 5.92 Å². The lowest BCUT2D eigenvalue weighted by Gasteiger charge is -2.19. The van der Waals surface area contributed by atoms with E-state index in [0.29, 0.717) is 18.3 Å². The molecule has 8 nitrogen and oxygen atoms in total. The van der Waals surface area contributed by atoms with Gasteiger partial charge in [-0.1, -0.05) is 13.8 Å². The number of aryl methyl sites for hydroxylation is 1. The molecule has 0 aromatic carbocycles. The first kappa shape index (κ1) is 16.0. The Kier molecular flexibility index (Phi) is 5.51. The largest absolute Gasteiger partial charge is 0.338 e. The molecule has 0 spiro atoms. The van der Waals surface area contributed by atoms with E-state index in [1.807, 2.05) is 9.25 Å². The number of nitrogens with one attached hydrogen (secondary N) is 2. The number of amides is 2. The minimum atomic E-state index is -0.221. The van der Waals surface area contributed by atoms with Crippen LogP contribution in [0.25, 0.3) is 0 Å². The first-order valence-corrected chi connectivity index (χ1v) is 7.48. The van der Waals surface area contributed by atoms with E-state index in [9.17, 15) is 4.79 Å². The fraction of sp³-hybridized carbons (Fsp3) is 0.571.